The van der Waals surface area contributed by atoms with Crippen molar-refractivity contribution >= 4 is 51.8 Å². The van der Waals surface area contributed by atoms with Crippen LogP contribution in [0.2, 0.25) is 0 Å². The third-order valence-electron chi connectivity index (χ3n) is 7.35. The lowest BCUT2D eigenvalue weighted by Gasteiger charge is -2.15. The number of fused-ring (bicyclic) bond motifs is 1. The van der Waals surface area contributed by atoms with Crippen LogP contribution in [0, 0.1) is 13.8 Å². The average molecular weight is 501 g/mol. The summed E-state index contributed by atoms with van der Waals surface area (Å²) in [5.74, 6) is -0.157. The predicted octanol–water partition coefficient (Wildman–Crippen LogP) is 5.14. The quantitative estimate of drug-likeness (QED) is 0.363. The zero-order valence-corrected chi connectivity index (χ0v) is 21.9. The molecule has 1 aliphatic carbocycles. The summed E-state index contributed by atoms with van der Waals surface area (Å²) in [6.45, 7) is 6.43. The molecule has 36 heavy (non-hydrogen) atoms. The number of para-hydroxylation sites is 1. The zero-order valence-electron chi connectivity index (χ0n) is 21.1. The Morgan fingerprint density at radius 1 is 1.17 bits per heavy atom. The van der Waals surface area contributed by atoms with Gasteiger partial charge in [-0.1, -0.05) is 44.0 Å². The number of benzene rings is 2. The lowest BCUT2D eigenvalue weighted by molar-refractivity contribution is -0.122. The van der Waals surface area contributed by atoms with E-state index in [1.807, 2.05) is 61.0 Å². The molecule has 1 saturated heterocycles. The predicted molar refractivity (Wildman–Crippen MR) is 149 cm³/mol. The molecule has 0 unspecified atom stereocenters. The number of carbonyl (C=O) groups is 2. The van der Waals surface area contributed by atoms with Gasteiger partial charge in [-0.3, -0.25) is 14.5 Å². The highest BCUT2D eigenvalue weighted by Gasteiger charge is 2.32. The minimum absolute atomic E-state index is 0.0288. The molecule has 1 aliphatic heterocycles. The molecule has 5 rings (SSSR count). The number of nitrogens with zero attached hydrogens (tertiary/aromatic N) is 2. The van der Waals surface area contributed by atoms with Gasteiger partial charge in [0, 0.05) is 23.2 Å². The van der Waals surface area contributed by atoms with E-state index >= 15 is 0 Å². The van der Waals surface area contributed by atoms with Crippen molar-refractivity contribution in [3.8, 4) is 0 Å². The van der Waals surface area contributed by atoms with E-state index in [-0.39, 0.29) is 24.4 Å². The van der Waals surface area contributed by atoms with Crippen molar-refractivity contribution in [2.45, 2.75) is 65.5 Å². The van der Waals surface area contributed by atoms with Gasteiger partial charge in [0.15, 0.2) is 5.11 Å². The Morgan fingerprint density at radius 2 is 1.94 bits per heavy atom. The second-order valence-corrected chi connectivity index (χ2v) is 10.2. The smallest absolute Gasteiger partial charge is 0.281 e. The number of thiocarbonyl (C=S) groups is 1. The minimum atomic E-state index is -0.185. The first-order chi connectivity index (χ1) is 17.4. The molecule has 2 heterocycles. The summed E-state index contributed by atoms with van der Waals surface area (Å²) < 4.78 is 2.02. The number of hydrogen-bond acceptors (Lipinski definition) is 3. The van der Waals surface area contributed by atoms with Crippen molar-refractivity contribution in [1.29, 1.82) is 0 Å². The lowest BCUT2D eigenvalue weighted by atomic mass is 10.1. The monoisotopic (exact) mass is 500 g/mol. The number of nitrogens with one attached hydrogen (secondary N) is 2. The van der Waals surface area contributed by atoms with Crippen LogP contribution in [0.15, 0.2) is 48.3 Å². The molecule has 1 saturated carbocycles. The minimum Gasteiger partial charge on any atom is -0.352 e. The molecule has 0 bridgehead atoms. The molecule has 0 radical (unpaired) electrons. The van der Waals surface area contributed by atoms with Gasteiger partial charge in [0.1, 0.15) is 12.2 Å². The summed E-state index contributed by atoms with van der Waals surface area (Å²) >= 11 is 5.53. The average Bonchev–Trinajstić information content (AvgIpc) is 3.55. The van der Waals surface area contributed by atoms with Crippen molar-refractivity contribution in [1.82, 2.24) is 15.2 Å². The highest BCUT2D eigenvalue weighted by molar-refractivity contribution is 7.80. The van der Waals surface area contributed by atoms with Crippen LogP contribution in [0.1, 0.15) is 54.9 Å². The van der Waals surface area contributed by atoms with Gasteiger partial charge in [0.25, 0.3) is 5.91 Å². The first-order valence-corrected chi connectivity index (χ1v) is 13.1. The lowest BCUT2D eigenvalue weighted by Crippen LogP contribution is -2.35. The molecule has 2 fully saturated rings. The van der Waals surface area contributed by atoms with Crippen LogP contribution in [0.25, 0.3) is 17.0 Å². The molecule has 186 valence electrons. The fourth-order valence-electron chi connectivity index (χ4n) is 5.28. The molecule has 7 heteroatoms. The van der Waals surface area contributed by atoms with Crippen LogP contribution < -0.4 is 15.5 Å². The largest absolute Gasteiger partial charge is 0.352 e. The van der Waals surface area contributed by atoms with E-state index < -0.39 is 0 Å². The van der Waals surface area contributed by atoms with Gasteiger partial charge in [-0.25, -0.2) is 0 Å². The van der Waals surface area contributed by atoms with Crippen molar-refractivity contribution in [2.75, 3.05) is 4.90 Å². The number of aryl methyl sites for hydroxylation is 3. The van der Waals surface area contributed by atoms with Crippen molar-refractivity contribution in [2.24, 2.45) is 0 Å². The summed E-state index contributed by atoms with van der Waals surface area (Å²) in [6, 6.07) is 12.3. The Balaban J connectivity index is 1.48. The van der Waals surface area contributed by atoms with Gasteiger partial charge in [-0.2, -0.15) is 0 Å². The van der Waals surface area contributed by atoms with Crippen LogP contribution in [-0.2, 0) is 22.6 Å². The topological polar surface area (TPSA) is 66.4 Å². The van der Waals surface area contributed by atoms with Crippen molar-refractivity contribution < 1.29 is 9.59 Å². The van der Waals surface area contributed by atoms with Crippen LogP contribution in [0.5, 0.6) is 0 Å². The molecular weight excluding hydrogens is 468 g/mol. The molecule has 6 nitrogen and oxygen atoms in total. The molecule has 2 N–H and O–H groups in total. The van der Waals surface area contributed by atoms with Gasteiger partial charge in [-0.05, 0) is 80.2 Å². The molecule has 0 spiro atoms. The molecular formula is C29H32N4O2S. The van der Waals surface area contributed by atoms with Gasteiger partial charge in [0.05, 0.1) is 11.2 Å². The van der Waals surface area contributed by atoms with E-state index in [1.54, 1.807) is 4.90 Å². The van der Waals surface area contributed by atoms with Gasteiger partial charge in [-0.15, -0.1) is 0 Å². The maximum Gasteiger partial charge on any atom is 0.281 e. The van der Waals surface area contributed by atoms with E-state index in [9.17, 15) is 9.59 Å². The fraction of sp³-hybridized carbons (Fsp3) is 0.345. The summed E-state index contributed by atoms with van der Waals surface area (Å²) in [5, 5.41) is 7.68. The van der Waals surface area contributed by atoms with Crippen molar-refractivity contribution in [3.63, 3.8) is 0 Å². The van der Waals surface area contributed by atoms with Crippen LogP contribution in [0.3, 0.4) is 0 Å². The van der Waals surface area contributed by atoms with E-state index in [0.717, 1.165) is 52.5 Å². The molecule has 1 aromatic heterocycles. The van der Waals surface area contributed by atoms with Gasteiger partial charge in [0.2, 0.25) is 5.91 Å². The zero-order chi connectivity index (χ0) is 25.4. The molecule has 3 aromatic rings. The molecule has 2 aliphatic rings. The Kier molecular flexibility index (Phi) is 6.67. The van der Waals surface area contributed by atoms with Crippen LogP contribution >= 0.6 is 12.2 Å². The summed E-state index contributed by atoms with van der Waals surface area (Å²) in [7, 11) is 0. The second kappa shape index (κ2) is 9.90. The standard InChI is InChI=1S/C29H32N4O2S/c1-4-20-8-7-11-24-21(16-32(27(20)24)17-26(34)30-22-9-5-6-10-22)15-25-28(35)33(29(36)31-25)23-13-12-18(2)19(3)14-23/h7-8,11-16,22H,4-6,9-10,17H2,1-3H3,(H,30,34)(H,31,36)/b25-15-. The highest BCUT2D eigenvalue weighted by atomic mass is 32.1. The van der Waals surface area contributed by atoms with Crippen LogP contribution in [-0.4, -0.2) is 27.5 Å². The normalized spacial score (nSPS) is 17.4. The second-order valence-electron chi connectivity index (χ2n) is 9.83. The van der Waals surface area contributed by atoms with E-state index in [4.69, 9.17) is 12.2 Å². The fourth-order valence-corrected chi connectivity index (χ4v) is 5.58. The Hall–Kier alpha value is -3.45. The molecule has 2 amide bonds. The number of rotatable bonds is 6. The Bertz CT molecular complexity index is 1400. The number of amides is 2. The van der Waals surface area contributed by atoms with Gasteiger partial charge >= 0.3 is 0 Å². The number of aromatic nitrogens is 1. The Morgan fingerprint density at radius 3 is 2.67 bits per heavy atom. The highest BCUT2D eigenvalue weighted by Crippen LogP contribution is 2.30. The Labute approximate surface area is 217 Å². The number of hydrogen-bond donors (Lipinski definition) is 2. The van der Waals surface area contributed by atoms with Crippen molar-refractivity contribution in [3.05, 3.63) is 70.5 Å². The molecule has 0 atom stereocenters. The summed E-state index contributed by atoms with van der Waals surface area (Å²) in [6.07, 6.45) is 9.14. The first-order valence-electron chi connectivity index (χ1n) is 12.7. The summed E-state index contributed by atoms with van der Waals surface area (Å²) in [5.41, 5.74) is 6.53. The first kappa shape index (κ1) is 24.3. The third kappa shape index (κ3) is 4.55. The number of anilines is 1. The SMILES string of the molecule is CCc1cccc2c(/C=C3\NC(=S)N(c4ccc(C)c(C)c4)C3=O)cn(CC(=O)NC3CCCC3)c12. The third-order valence-corrected chi connectivity index (χ3v) is 7.64. The van der Waals surface area contributed by atoms with Gasteiger partial charge < -0.3 is 15.2 Å². The molecule has 2 aromatic carbocycles. The van der Waals surface area contributed by atoms with Crippen LogP contribution in [0.4, 0.5) is 5.69 Å². The number of carbonyl (C=O) groups excluding carboxylic acids is 2. The van der Waals surface area contributed by atoms with E-state index in [0.29, 0.717) is 10.8 Å². The maximum atomic E-state index is 13.4. The summed E-state index contributed by atoms with van der Waals surface area (Å²) in [4.78, 5) is 27.8. The maximum absolute atomic E-state index is 13.4. The van der Waals surface area contributed by atoms with E-state index in [1.165, 1.54) is 18.4 Å². The van der Waals surface area contributed by atoms with E-state index in [2.05, 4.69) is 23.6 Å².